The summed E-state index contributed by atoms with van der Waals surface area (Å²) in [5, 5.41) is 2.96. The van der Waals surface area contributed by atoms with Crippen molar-refractivity contribution >= 4 is 17.5 Å². The smallest absolute Gasteiger partial charge is 0.321 e. The monoisotopic (exact) mass is 332 g/mol. The second-order valence-corrected chi connectivity index (χ2v) is 6.65. The van der Waals surface area contributed by atoms with E-state index in [4.69, 9.17) is 4.74 Å². The van der Waals surface area contributed by atoms with Gasteiger partial charge in [0.25, 0.3) is 0 Å². The van der Waals surface area contributed by atoms with Crippen LogP contribution in [-0.4, -0.2) is 55.3 Å². The summed E-state index contributed by atoms with van der Waals surface area (Å²) in [6.45, 7) is 7.18. The largest absolute Gasteiger partial charge is 0.381 e. The minimum absolute atomic E-state index is 0.0584. The molecule has 1 atom stereocenters. The summed E-state index contributed by atoms with van der Waals surface area (Å²) in [4.78, 5) is 21.1. The Morgan fingerprint density at radius 2 is 2.21 bits per heavy atom. The standard InChI is InChI=1S/C18H28N4O2/c1-2-21(13-15-8-11-24-14-15)18(23)20-16-6-7-17(19-12-16)22-9-4-3-5-10-22/h6-7,12,15H,2-5,8-11,13-14H2,1H3,(H,20,23)/t15-/m0/s1. The maximum atomic E-state index is 12.5. The number of aromatic nitrogens is 1. The van der Waals surface area contributed by atoms with E-state index in [-0.39, 0.29) is 6.03 Å². The van der Waals surface area contributed by atoms with Crippen LogP contribution in [0.2, 0.25) is 0 Å². The van der Waals surface area contributed by atoms with Crippen LogP contribution in [-0.2, 0) is 4.74 Å². The van der Waals surface area contributed by atoms with Gasteiger partial charge < -0.3 is 19.9 Å². The van der Waals surface area contributed by atoms with E-state index in [9.17, 15) is 4.79 Å². The van der Waals surface area contributed by atoms with Crippen LogP contribution >= 0.6 is 0 Å². The van der Waals surface area contributed by atoms with E-state index in [2.05, 4.69) is 15.2 Å². The highest BCUT2D eigenvalue weighted by Gasteiger charge is 2.21. The fourth-order valence-corrected chi connectivity index (χ4v) is 3.37. The third-order valence-corrected chi connectivity index (χ3v) is 4.85. The molecule has 0 saturated carbocycles. The van der Waals surface area contributed by atoms with Crippen LogP contribution in [0.25, 0.3) is 0 Å². The number of amides is 2. The number of piperidine rings is 1. The lowest BCUT2D eigenvalue weighted by Crippen LogP contribution is -2.38. The molecule has 6 heteroatoms. The van der Waals surface area contributed by atoms with Crippen LogP contribution < -0.4 is 10.2 Å². The van der Waals surface area contributed by atoms with Crippen molar-refractivity contribution in [1.82, 2.24) is 9.88 Å². The Bertz CT molecular complexity index is 522. The second kappa shape index (κ2) is 8.33. The van der Waals surface area contributed by atoms with Gasteiger partial charge in [-0.3, -0.25) is 0 Å². The number of pyridine rings is 1. The van der Waals surface area contributed by atoms with Crippen molar-refractivity contribution < 1.29 is 9.53 Å². The molecule has 24 heavy (non-hydrogen) atoms. The number of hydrogen-bond donors (Lipinski definition) is 1. The van der Waals surface area contributed by atoms with Crippen LogP contribution in [0.1, 0.15) is 32.6 Å². The maximum absolute atomic E-state index is 12.5. The SMILES string of the molecule is CCN(C[C@@H]1CCOC1)C(=O)Nc1ccc(N2CCCCC2)nc1. The van der Waals surface area contributed by atoms with Crippen LogP contribution in [0.4, 0.5) is 16.3 Å². The first-order chi connectivity index (χ1) is 11.8. The van der Waals surface area contributed by atoms with E-state index in [0.29, 0.717) is 12.5 Å². The predicted molar refractivity (Wildman–Crippen MR) is 95.5 cm³/mol. The highest BCUT2D eigenvalue weighted by molar-refractivity contribution is 5.89. The quantitative estimate of drug-likeness (QED) is 0.901. The number of nitrogens with one attached hydrogen (secondary N) is 1. The number of hydrogen-bond acceptors (Lipinski definition) is 4. The minimum Gasteiger partial charge on any atom is -0.381 e. The Balaban J connectivity index is 1.54. The average Bonchev–Trinajstić information content (AvgIpc) is 3.14. The molecular formula is C18H28N4O2. The van der Waals surface area contributed by atoms with E-state index < -0.39 is 0 Å². The third kappa shape index (κ3) is 4.38. The molecule has 2 fully saturated rings. The highest BCUT2D eigenvalue weighted by Crippen LogP contribution is 2.19. The first-order valence-corrected chi connectivity index (χ1v) is 9.11. The second-order valence-electron chi connectivity index (χ2n) is 6.65. The van der Waals surface area contributed by atoms with Gasteiger partial charge in [0.1, 0.15) is 5.82 Å². The molecule has 3 rings (SSSR count). The zero-order valence-corrected chi connectivity index (χ0v) is 14.5. The molecule has 3 heterocycles. The van der Waals surface area contributed by atoms with Crippen molar-refractivity contribution in [2.75, 3.05) is 49.6 Å². The van der Waals surface area contributed by atoms with Crippen LogP contribution in [0.3, 0.4) is 0 Å². The highest BCUT2D eigenvalue weighted by atomic mass is 16.5. The van der Waals surface area contributed by atoms with Crippen LogP contribution in [0.5, 0.6) is 0 Å². The Morgan fingerprint density at radius 3 is 2.83 bits per heavy atom. The molecule has 1 aromatic rings. The number of rotatable bonds is 5. The first-order valence-electron chi connectivity index (χ1n) is 9.11. The van der Waals surface area contributed by atoms with Crippen LogP contribution in [0.15, 0.2) is 18.3 Å². The van der Waals surface area contributed by atoms with Crippen molar-refractivity contribution in [3.63, 3.8) is 0 Å². The summed E-state index contributed by atoms with van der Waals surface area (Å²) in [6.07, 6.45) is 6.57. The molecule has 0 bridgehead atoms. The molecule has 2 aliphatic rings. The van der Waals surface area contributed by atoms with Crippen molar-refractivity contribution in [3.05, 3.63) is 18.3 Å². The number of urea groups is 1. The maximum Gasteiger partial charge on any atom is 0.321 e. The molecular weight excluding hydrogens is 304 g/mol. The minimum atomic E-state index is -0.0584. The van der Waals surface area contributed by atoms with Gasteiger partial charge in [-0.1, -0.05) is 0 Å². The van der Waals surface area contributed by atoms with Crippen molar-refractivity contribution in [2.24, 2.45) is 5.92 Å². The molecule has 6 nitrogen and oxygen atoms in total. The van der Waals surface area contributed by atoms with Crippen LogP contribution in [0, 0.1) is 5.92 Å². The summed E-state index contributed by atoms with van der Waals surface area (Å²) in [5.41, 5.74) is 0.752. The normalized spacial score (nSPS) is 20.9. The van der Waals surface area contributed by atoms with E-state index in [1.165, 1.54) is 19.3 Å². The molecule has 0 aliphatic carbocycles. The van der Waals surface area contributed by atoms with Crippen molar-refractivity contribution in [3.8, 4) is 0 Å². The summed E-state index contributed by atoms with van der Waals surface area (Å²) >= 11 is 0. The molecule has 0 aromatic carbocycles. The van der Waals surface area contributed by atoms with Gasteiger partial charge >= 0.3 is 6.03 Å². The topological polar surface area (TPSA) is 57.7 Å². The molecule has 0 unspecified atom stereocenters. The van der Waals surface area contributed by atoms with Gasteiger partial charge in [-0.15, -0.1) is 0 Å². The molecule has 2 amide bonds. The van der Waals surface area contributed by atoms with Gasteiger partial charge in [-0.05, 0) is 44.7 Å². The predicted octanol–water partition coefficient (Wildman–Crippen LogP) is 2.96. The van der Waals surface area contributed by atoms with E-state index in [1.807, 2.05) is 24.0 Å². The van der Waals surface area contributed by atoms with E-state index in [0.717, 1.165) is 50.8 Å². The Hall–Kier alpha value is -1.82. The third-order valence-electron chi connectivity index (χ3n) is 4.85. The zero-order valence-electron chi connectivity index (χ0n) is 14.5. The molecule has 2 saturated heterocycles. The first kappa shape index (κ1) is 17.0. The van der Waals surface area contributed by atoms with Crippen molar-refractivity contribution in [1.29, 1.82) is 0 Å². The molecule has 1 aromatic heterocycles. The number of carbonyl (C=O) groups excluding carboxylic acids is 1. The fourth-order valence-electron chi connectivity index (χ4n) is 3.37. The molecule has 132 valence electrons. The molecule has 1 N–H and O–H groups in total. The number of carbonyl (C=O) groups is 1. The molecule has 2 aliphatic heterocycles. The number of ether oxygens (including phenoxy) is 1. The van der Waals surface area contributed by atoms with Gasteiger partial charge in [0.15, 0.2) is 0 Å². The molecule has 0 spiro atoms. The van der Waals surface area contributed by atoms with E-state index in [1.54, 1.807) is 6.20 Å². The number of nitrogens with zero attached hydrogens (tertiary/aromatic N) is 3. The average molecular weight is 332 g/mol. The summed E-state index contributed by atoms with van der Waals surface area (Å²) in [5.74, 6) is 1.46. The summed E-state index contributed by atoms with van der Waals surface area (Å²) < 4.78 is 5.40. The molecule has 0 radical (unpaired) electrons. The lowest BCUT2D eigenvalue weighted by molar-refractivity contribution is 0.171. The lowest BCUT2D eigenvalue weighted by atomic mass is 10.1. The summed E-state index contributed by atoms with van der Waals surface area (Å²) in [6, 6.07) is 3.89. The zero-order chi connectivity index (χ0) is 16.8. The summed E-state index contributed by atoms with van der Waals surface area (Å²) in [7, 11) is 0. The lowest BCUT2D eigenvalue weighted by Gasteiger charge is -2.28. The van der Waals surface area contributed by atoms with Gasteiger partial charge in [-0.2, -0.15) is 0 Å². The van der Waals surface area contributed by atoms with Gasteiger partial charge in [0.05, 0.1) is 18.5 Å². The Labute approximate surface area is 144 Å². The van der Waals surface area contributed by atoms with Crippen molar-refractivity contribution in [2.45, 2.75) is 32.6 Å². The van der Waals surface area contributed by atoms with E-state index >= 15 is 0 Å². The fraction of sp³-hybridized carbons (Fsp3) is 0.667. The van der Waals surface area contributed by atoms with Gasteiger partial charge in [0.2, 0.25) is 0 Å². The van der Waals surface area contributed by atoms with Gasteiger partial charge in [-0.25, -0.2) is 9.78 Å². The number of anilines is 2. The van der Waals surface area contributed by atoms with Gasteiger partial charge in [0, 0.05) is 38.7 Å². The Morgan fingerprint density at radius 1 is 1.38 bits per heavy atom. The Kier molecular flexibility index (Phi) is 5.91.